The van der Waals surface area contributed by atoms with Gasteiger partial charge in [-0.25, -0.2) is 4.79 Å². The summed E-state index contributed by atoms with van der Waals surface area (Å²) in [7, 11) is 1.43. The number of methoxy groups -OCH3 is 1. The Morgan fingerprint density at radius 1 is 1.21 bits per heavy atom. The summed E-state index contributed by atoms with van der Waals surface area (Å²) in [5, 5.41) is 20.6. The molecule has 2 N–H and O–H groups in total. The van der Waals surface area contributed by atoms with Crippen LogP contribution in [0, 0.1) is 11.8 Å². The lowest BCUT2D eigenvalue weighted by atomic mass is 9.81. The highest BCUT2D eigenvalue weighted by molar-refractivity contribution is 5.90. The van der Waals surface area contributed by atoms with E-state index in [0.717, 1.165) is 24.0 Å². The number of carbonyl (C=O) groups excluding carboxylic acids is 1. The van der Waals surface area contributed by atoms with Gasteiger partial charge in [-0.1, -0.05) is 37.1 Å². The molecule has 5 heteroatoms. The van der Waals surface area contributed by atoms with E-state index < -0.39 is 18.2 Å². The maximum Gasteiger partial charge on any atom is 0.338 e. The maximum absolute atomic E-state index is 12.8. The van der Waals surface area contributed by atoms with Crippen molar-refractivity contribution < 1.29 is 24.5 Å². The molecule has 0 saturated carbocycles. The van der Waals surface area contributed by atoms with E-state index in [1.807, 2.05) is 33.8 Å². The summed E-state index contributed by atoms with van der Waals surface area (Å²) >= 11 is 0. The number of aliphatic hydroxyl groups excluding tert-OH is 1. The summed E-state index contributed by atoms with van der Waals surface area (Å²) in [6.07, 6.45) is 5.33. The first-order valence-corrected chi connectivity index (χ1v) is 9.82. The molecule has 0 amide bonds. The summed E-state index contributed by atoms with van der Waals surface area (Å²) in [6.45, 7) is 8.13. The number of phenols is 1. The molecule has 0 aromatic heterocycles. The normalized spacial score (nSPS) is 27.3. The number of allylic oxidation sites excluding steroid dienone is 2. The Labute approximate surface area is 167 Å². The van der Waals surface area contributed by atoms with Crippen LogP contribution in [0.1, 0.15) is 57.3 Å². The fourth-order valence-electron chi connectivity index (χ4n) is 3.74. The van der Waals surface area contributed by atoms with Crippen LogP contribution in [0.5, 0.6) is 11.5 Å². The van der Waals surface area contributed by atoms with Crippen LogP contribution in [0.15, 0.2) is 41.5 Å². The van der Waals surface area contributed by atoms with Crippen LogP contribution in [0.25, 0.3) is 0 Å². The minimum absolute atomic E-state index is 0.0346. The standard InChI is InChI=1S/C23H32O5/c1-14(2)22-19(25)11-15(3)7-6-8-16(4)12-21(22)28-23(26)17-9-10-18(24)20(13-17)27-5/h8-11,13-14,19,21-22,24-25H,6-7,12H2,1-5H3/b15-11+,16-8-/t19-,21?,22-/m1/s1. The van der Waals surface area contributed by atoms with Crippen molar-refractivity contribution in [1.82, 2.24) is 0 Å². The first-order valence-electron chi connectivity index (χ1n) is 9.82. The fraction of sp³-hybridized carbons (Fsp3) is 0.522. The molecule has 0 fully saturated rings. The van der Waals surface area contributed by atoms with Crippen molar-refractivity contribution in [2.24, 2.45) is 11.8 Å². The molecule has 154 valence electrons. The highest BCUT2D eigenvalue weighted by atomic mass is 16.5. The molecule has 0 radical (unpaired) electrons. The molecule has 3 atom stereocenters. The SMILES string of the molecule is COc1cc(C(=O)OC2C/C(C)=C\CC/C(C)=C/[C@@H](O)[C@H]2C(C)C)ccc1O. The van der Waals surface area contributed by atoms with Crippen LogP contribution in [0.4, 0.5) is 0 Å². The molecule has 2 rings (SSSR count). The summed E-state index contributed by atoms with van der Waals surface area (Å²) in [5.41, 5.74) is 2.59. The van der Waals surface area contributed by atoms with Crippen LogP contribution in [-0.2, 0) is 4.74 Å². The van der Waals surface area contributed by atoms with E-state index in [9.17, 15) is 15.0 Å². The van der Waals surface area contributed by atoms with Gasteiger partial charge in [-0.15, -0.1) is 0 Å². The largest absolute Gasteiger partial charge is 0.504 e. The lowest BCUT2D eigenvalue weighted by Crippen LogP contribution is -2.38. The van der Waals surface area contributed by atoms with Crippen molar-refractivity contribution in [3.05, 3.63) is 47.1 Å². The lowest BCUT2D eigenvalue weighted by Gasteiger charge is -2.33. The number of esters is 1. The van der Waals surface area contributed by atoms with Crippen LogP contribution >= 0.6 is 0 Å². The van der Waals surface area contributed by atoms with Crippen molar-refractivity contribution in [1.29, 1.82) is 0 Å². The Kier molecular flexibility index (Phi) is 7.69. The van der Waals surface area contributed by atoms with Gasteiger partial charge < -0.3 is 19.7 Å². The summed E-state index contributed by atoms with van der Waals surface area (Å²) < 4.78 is 11.0. The molecule has 1 aliphatic rings. The number of phenolic OH excluding ortho intramolecular Hbond substituents is 1. The molecule has 1 aromatic carbocycles. The average Bonchev–Trinajstić information content (AvgIpc) is 2.61. The van der Waals surface area contributed by atoms with Crippen molar-refractivity contribution in [2.45, 2.75) is 59.2 Å². The second-order valence-corrected chi connectivity index (χ2v) is 7.95. The van der Waals surface area contributed by atoms with Gasteiger partial charge in [-0.2, -0.15) is 0 Å². The highest BCUT2D eigenvalue weighted by Crippen LogP contribution is 2.31. The van der Waals surface area contributed by atoms with Crippen LogP contribution in [-0.4, -0.2) is 35.5 Å². The first kappa shape index (κ1) is 22.0. The smallest absolute Gasteiger partial charge is 0.338 e. The molecule has 5 nitrogen and oxygen atoms in total. The molecule has 28 heavy (non-hydrogen) atoms. The van der Waals surface area contributed by atoms with E-state index in [-0.39, 0.29) is 23.3 Å². The number of carbonyl (C=O) groups is 1. The van der Waals surface area contributed by atoms with Gasteiger partial charge in [0.05, 0.1) is 18.8 Å². The first-order chi connectivity index (χ1) is 13.2. The average molecular weight is 389 g/mol. The fourth-order valence-corrected chi connectivity index (χ4v) is 3.74. The molecular formula is C23H32O5. The van der Waals surface area contributed by atoms with E-state index in [1.54, 1.807) is 0 Å². The predicted molar refractivity (Wildman–Crippen MR) is 110 cm³/mol. The quantitative estimate of drug-likeness (QED) is 0.581. The molecule has 0 aliphatic heterocycles. The Morgan fingerprint density at radius 2 is 1.93 bits per heavy atom. The molecule has 1 unspecified atom stereocenters. The van der Waals surface area contributed by atoms with E-state index >= 15 is 0 Å². The zero-order chi connectivity index (χ0) is 20.8. The molecular weight excluding hydrogens is 356 g/mol. The zero-order valence-corrected chi connectivity index (χ0v) is 17.4. The number of benzene rings is 1. The minimum Gasteiger partial charge on any atom is -0.504 e. The topological polar surface area (TPSA) is 76.0 Å². The van der Waals surface area contributed by atoms with E-state index in [4.69, 9.17) is 9.47 Å². The van der Waals surface area contributed by atoms with Gasteiger partial charge in [0.1, 0.15) is 6.10 Å². The monoisotopic (exact) mass is 388 g/mol. The third-order valence-electron chi connectivity index (χ3n) is 5.28. The molecule has 0 heterocycles. The second-order valence-electron chi connectivity index (χ2n) is 7.95. The highest BCUT2D eigenvalue weighted by Gasteiger charge is 2.33. The zero-order valence-electron chi connectivity index (χ0n) is 17.4. The molecule has 0 saturated heterocycles. The van der Waals surface area contributed by atoms with Gasteiger partial charge >= 0.3 is 5.97 Å². The number of ether oxygens (including phenoxy) is 2. The Hall–Kier alpha value is -2.27. The number of aromatic hydroxyl groups is 1. The van der Waals surface area contributed by atoms with Crippen LogP contribution < -0.4 is 4.74 Å². The summed E-state index contributed by atoms with van der Waals surface area (Å²) in [6, 6.07) is 4.38. The third-order valence-corrected chi connectivity index (χ3v) is 5.28. The third kappa shape index (κ3) is 5.61. The van der Waals surface area contributed by atoms with Gasteiger partial charge in [0.2, 0.25) is 0 Å². The number of aliphatic hydroxyl groups is 1. The van der Waals surface area contributed by atoms with Gasteiger partial charge in [0.15, 0.2) is 11.5 Å². The molecule has 1 aromatic rings. The predicted octanol–water partition coefficient (Wildman–Crippen LogP) is 4.64. The van der Waals surface area contributed by atoms with Crippen molar-refractivity contribution in [3.63, 3.8) is 0 Å². The molecule has 0 spiro atoms. The van der Waals surface area contributed by atoms with Crippen molar-refractivity contribution >= 4 is 5.97 Å². The minimum atomic E-state index is -0.682. The molecule has 0 bridgehead atoms. The number of hydrogen-bond acceptors (Lipinski definition) is 5. The summed E-state index contributed by atoms with van der Waals surface area (Å²) in [5.74, 6) is -0.410. The Balaban J connectivity index is 2.33. The number of hydrogen-bond donors (Lipinski definition) is 2. The van der Waals surface area contributed by atoms with Crippen molar-refractivity contribution in [2.75, 3.05) is 7.11 Å². The van der Waals surface area contributed by atoms with Crippen LogP contribution in [0.2, 0.25) is 0 Å². The van der Waals surface area contributed by atoms with Gasteiger partial charge in [-0.05, 0) is 50.8 Å². The van der Waals surface area contributed by atoms with Gasteiger partial charge in [0, 0.05) is 12.3 Å². The van der Waals surface area contributed by atoms with Gasteiger partial charge in [0.25, 0.3) is 0 Å². The maximum atomic E-state index is 12.8. The van der Waals surface area contributed by atoms with E-state index in [1.165, 1.54) is 25.3 Å². The van der Waals surface area contributed by atoms with Gasteiger partial charge in [-0.3, -0.25) is 0 Å². The van der Waals surface area contributed by atoms with Crippen LogP contribution in [0.3, 0.4) is 0 Å². The van der Waals surface area contributed by atoms with Crippen molar-refractivity contribution in [3.8, 4) is 11.5 Å². The second kappa shape index (κ2) is 9.78. The number of rotatable bonds is 4. The molecule has 1 aliphatic carbocycles. The van der Waals surface area contributed by atoms with E-state index in [0.29, 0.717) is 12.0 Å². The lowest BCUT2D eigenvalue weighted by molar-refractivity contribution is -0.0217. The Bertz CT molecular complexity index is 747. The summed E-state index contributed by atoms with van der Waals surface area (Å²) in [4.78, 5) is 12.8. The van der Waals surface area contributed by atoms with E-state index in [2.05, 4.69) is 6.08 Å². The Morgan fingerprint density at radius 3 is 2.57 bits per heavy atom.